The highest BCUT2D eigenvalue weighted by Crippen LogP contribution is 2.21. The minimum Gasteiger partial charge on any atom is -0.481 e. The number of aromatic nitrogens is 2. The topological polar surface area (TPSA) is 113 Å². The quantitative estimate of drug-likeness (QED) is 0.457. The van der Waals surface area contributed by atoms with Gasteiger partial charge in [-0.05, 0) is 43.8 Å². The van der Waals surface area contributed by atoms with E-state index in [4.69, 9.17) is 28.6 Å². The van der Waals surface area contributed by atoms with E-state index in [2.05, 4.69) is 20.6 Å². The number of nitrogens with one attached hydrogen (secondary N) is 2. The smallest absolute Gasteiger partial charge is 0.341 e. The second-order valence-corrected chi connectivity index (χ2v) is 6.56. The van der Waals surface area contributed by atoms with Crippen LogP contribution in [0.4, 0.5) is 5.95 Å². The molecule has 1 heterocycles. The van der Waals surface area contributed by atoms with Crippen molar-refractivity contribution in [3.05, 3.63) is 52.3 Å². The van der Waals surface area contributed by atoms with Crippen molar-refractivity contribution in [1.29, 1.82) is 0 Å². The number of thiocarbonyl (C=S) groups is 1. The van der Waals surface area contributed by atoms with Crippen molar-refractivity contribution in [3.63, 3.8) is 0 Å². The van der Waals surface area contributed by atoms with Gasteiger partial charge in [-0.15, -0.1) is 0 Å². The normalized spacial score (nSPS) is 11.4. The largest absolute Gasteiger partial charge is 0.481 e. The van der Waals surface area contributed by atoms with Crippen LogP contribution < -0.4 is 10.6 Å². The Morgan fingerprint density at radius 2 is 2.14 bits per heavy atom. The molecule has 10 heteroatoms. The summed E-state index contributed by atoms with van der Waals surface area (Å²) in [6, 6.07) is 6.24. The lowest BCUT2D eigenvalue weighted by Crippen LogP contribution is -2.34. The van der Waals surface area contributed by atoms with Crippen molar-refractivity contribution in [2.24, 2.45) is 0 Å². The van der Waals surface area contributed by atoms with Gasteiger partial charge in [0.15, 0.2) is 5.11 Å². The maximum atomic E-state index is 11.8. The molecule has 0 aliphatic heterocycles. The Hall–Kier alpha value is -2.78. The Labute approximate surface area is 172 Å². The van der Waals surface area contributed by atoms with Crippen LogP contribution in [-0.2, 0) is 9.53 Å². The fourth-order valence-electron chi connectivity index (χ4n) is 2.38. The van der Waals surface area contributed by atoms with Gasteiger partial charge in [0, 0.05) is 11.2 Å². The third-order valence-corrected chi connectivity index (χ3v) is 4.09. The number of ether oxygens (including phenoxy) is 1. The number of nitrogens with zero attached hydrogens (tertiary/aromatic N) is 2. The zero-order valence-corrected chi connectivity index (χ0v) is 16.8. The molecule has 2 aromatic rings. The average molecular weight is 423 g/mol. The number of hydrogen-bond acceptors (Lipinski definition) is 6. The van der Waals surface area contributed by atoms with Gasteiger partial charge in [0.25, 0.3) is 0 Å². The molecule has 0 saturated heterocycles. The first-order valence-corrected chi connectivity index (χ1v) is 9.14. The van der Waals surface area contributed by atoms with Gasteiger partial charge < -0.3 is 20.5 Å². The van der Waals surface area contributed by atoms with E-state index in [1.807, 2.05) is 0 Å². The lowest BCUT2D eigenvalue weighted by atomic mass is 10.0. The summed E-state index contributed by atoms with van der Waals surface area (Å²) in [5, 5.41) is 15.5. The third kappa shape index (κ3) is 6.14. The van der Waals surface area contributed by atoms with Crippen LogP contribution in [0, 0.1) is 6.92 Å². The van der Waals surface area contributed by atoms with Crippen molar-refractivity contribution in [2.75, 3.05) is 11.9 Å². The van der Waals surface area contributed by atoms with Crippen molar-refractivity contribution in [2.45, 2.75) is 26.3 Å². The van der Waals surface area contributed by atoms with Gasteiger partial charge in [-0.3, -0.25) is 4.79 Å². The molecular formula is C18H19ClN4O4S. The summed E-state index contributed by atoms with van der Waals surface area (Å²) in [6.45, 7) is 3.61. The van der Waals surface area contributed by atoms with E-state index >= 15 is 0 Å². The molecule has 0 bridgehead atoms. The number of esters is 1. The Morgan fingerprint density at radius 1 is 1.39 bits per heavy atom. The number of aryl methyl sites for hydroxylation is 1. The fourth-order valence-corrected chi connectivity index (χ4v) is 2.81. The molecule has 1 aromatic carbocycles. The minimum absolute atomic E-state index is 0.134. The van der Waals surface area contributed by atoms with Gasteiger partial charge in [0.2, 0.25) is 5.95 Å². The maximum Gasteiger partial charge on any atom is 0.341 e. The molecule has 148 valence electrons. The maximum absolute atomic E-state index is 11.8. The standard InChI is InChI=1S/C18H19ClN4O4S/c1-3-27-16(26)13-9-20-17(21-10(13)2)23-18(28)22-14(8-15(24)25)11-5-4-6-12(19)7-11/h4-7,9,14H,3,8H2,1-2H3,(H,24,25)(H2,20,21,22,23,28). The van der Waals surface area contributed by atoms with Crippen LogP contribution in [0.15, 0.2) is 30.5 Å². The SMILES string of the molecule is CCOC(=O)c1cnc(NC(=S)NC(CC(=O)O)c2cccc(Cl)c2)nc1C. The second-order valence-electron chi connectivity index (χ2n) is 5.72. The van der Waals surface area contributed by atoms with Crippen molar-refractivity contribution in [3.8, 4) is 0 Å². The highest BCUT2D eigenvalue weighted by Gasteiger charge is 2.18. The first-order chi connectivity index (χ1) is 13.3. The van der Waals surface area contributed by atoms with Crippen LogP contribution in [0.3, 0.4) is 0 Å². The summed E-state index contributed by atoms with van der Waals surface area (Å²) in [5.41, 5.74) is 1.36. The van der Waals surface area contributed by atoms with Crippen LogP contribution in [0.2, 0.25) is 5.02 Å². The summed E-state index contributed by atoms with van der Waals surface area (Å²) in [7, 11) is 0. The number of carboxylic acids is 1. The predicted octanol–water partition coefficient (Wildman–Crippen LogP) is 3.12. The van der Waals surface area contributed by atoms with Crippen LogP contribution in [0.5, 0.6) is 0 Å². The Bertz CT molecular complexity index is 894. The molecule has 0 amide bonds. The summed E-state index contributed by atoms with van der Waals surface area (Å²) in [4.78, 5) is 31.2. The van der Waals surface area contributed by atoms with Crippen molar-refractivity contribution >= 4 is 46.8 Å². The van der Waals surface area contributed by atoms with Gasteiger partial charge in [0.1, 0.15) is 0 Å². The van der Waals surface area contributed by atoms with Gasteiger partial charge in [-0.2, -0.15) is 0 Å². The third-order valence-electron chi connectivity index (χ3n) is 3.64. The number of hydrogen-bond donors (Lipinski definition) is 3. The zero-order valence-electron chi connectivity index (χ0n) is 15.2. The van der Waals surface area contributed by atoms with Crippen molar-refractivity contribution in [1.82, 2.24) is 15.3 Å². The van der Waals surface area contributed by atoms with Gasteiger partial charge >= 0.3 is 11.9 Å². The van der Waals surface area contributed by atoms with E-state index in [-0.39, 0.29) is 29.7 Å². The molecule has 0 spiro atoms. The van der Waals surface area contributed by atoms with Gasteiger partial charge in [0.05, 0.1) is 30.3 Å². The summed E-state index contributed by atoms with van der Waals surface area (Å²) < 4.78 is 4.93. The average Bonchev–Trinajstić information content (AvgIpc) is 2.61. The summed E-state index contributed by atoms with van der Waals surface area (Å²) >= 11 is 11.2. The number of halogens is 1. The molecule has 0 radical (unpaired) electrons. The fraction of sp³-hybridized carbons (Fsp3) is 0.278. The molecule has 1 atom stereocenters. The molecule has 0 aliphatic carbocycles. The van der Waals surface area contributed by atoms with Crippen molar-refractivity contribution < 1.29 is 19.4 Å². The molecule has 1 unspecified atom stereocenters. The van der Waals surface area contributed by atoms with E-state index < -0.39 is 18.0 Å². The second kappa shape index (κ2) is 9.95. The lowest BCUT2D eigenvalue weighted by Gasteiger charge is -2.20. The number of aliphatic carboxylic acids is 1. The molecule has 0 saturated carbocycles. The van der Waals surface area contributed by atoms with E-state index in [9.17, 15) is 14.7 Å². The van der Waals surface area contributed by atoms with E-state index in [1.54, 1.807) is 38.1 Å². The Kier molecular flexibility index (Phi) is 7.65. The Balaban J connectivity index is 2.11. The summed E-state index contributed by atoms with van der Waals surface area (Å²) in [5.74, 6) is -1.33. The zero-order chi connectivity index (χ0) is 20.7. The number of benzene rings is 1. The van der Waals surface area contributed by atoms with Crippen LogP contribution >= 0.6 is 23.8 Å². The van der Waals surface area contributed by atoms with Crippen LogP contribution in [0.25, 0.3) is 0 Å². The van der Waals surface area contributed by atoms with Crippen LogP contribution in [0.1, 0.15) is 41.0 Å². The summed E-state index contributed by atoms with van der Waals surface area (Å²) in [6.07, 6.45) is 1.14. The van der Waals surface area contributed by atoms with Gasteiger partial charge in [-0.1, -0.05) is 23.7 Å². The minimum atomic E-state index is -0.994. The molecular weight excluding hydrogens is 404 g/mol. The van der Waals surface area contributed by atoms with E-state index in [1.165, 1.54) is 6.20 Å². The molecule has 8 nitrogen and oxygen atoms in total. The molecule has 3 N–H and O–H groups in total. The molecule has 28 heavy (non-hydrogen) atoms. The van der Waals surface area contributed by atoms with Crippen LogP contribution in [-0.4, -0.2) is 38.7 Å². The predicted molar refractivity (Wildman–Crippen MR) is 109 cm³/mol. The Morgan fingerprint density at radius 3 is 2.75 bits per heavy atom. The number of rotatable bonds is 7. The molecule has 2 rings (SSSR count). The number of carboxylic acid groups (broad SMARTS) is 1. The highest BCUT2D eigenvalue weighted by atomic mass is 35.5. The van der Waals surface area contributed by atoms with Gasteiger partial charge in [-0.25, -0.2) is 14.8 Å². The lowest BCUT2D eigenvalue weighted by molar-refractivity contribution is -0.137. The monoisotopic (exact) mass is 422 g/mol. The number of carbonyl (C=O) groups excluding carboxylic acids is 1. The molecule has 0 aliphatic rings. The van der Waals surface area contributed by atoms with E-state index in [0.29, 0.717) is 16.3 Å². The highest BCUT2D eigenvalue weighted by molar-refractivity contribution is 7.80. The first-order valence-electron chi connectivity index (χ1n) is 8.35. The number of carbonyl (C=O) groups is 2. The van der Waals surface area contributed by atoms with E-state index in [0.717, 1.165) is 0 Å². The first kappa shape index (κ1) is 21.5. The molecule has 0 fully saturated rings. The number of anilines is 1. The molecule has 1 aromatic heterocycles.